The third-order valence-corrected chi connectivity index (χ3v) is 3.46. The van der Waals surface area contributed by atoms with E-state index < -0.39 is 0 Å². The molecule has 0 aliphatic carbocycles. The second-order valence-electron chi connectivity index (χ2n) is 6.13. The maximum Gasteiger partial charge on any atom is 0.170 e. The third kappa shape index (κ3) is 3.22. The molecule has 1 aliphatic rings. The molecular weight excluding hydrogens is 236 g/mol. The number of nitrogens with zero attached hydrogens (tertiary/aromatic N) is 1. The zero-order valence-electron chi connectivity index (χ0n) is 12.2. The first-order valence-corrected chi connectivity index (χ1v) is 6.79. The molecular formula is C16H22N2O. The van der Waals surface area contributed by atoms with Gasteiger partial charge in [-0.05, 0) is 23.5 Å². The fourth-order valence-electron chi connectivity index (χ4n) is 2.26. The number of hydrogen-bond donors (Lipinski definition) is 1. The molecule has 102 valence electrons. The molecule has 0 atom stereocenters. The molecule has 0 fully saturated rings. The van der Waals surface area contributed by atoms with Gasteiger partial charge < -0.3 is 5.32 Å². The Kier molecular flexibility index (Phi) is 3.74. The molecule has 0 bridgehead atoms. The number of Topliss-reactive ketones (excluding diaryl/α,β-unsaturated/α-hetero) is 1. The van der Waals surface area contributed by atoms with Gasteiger partial charge in [-0.15, -0.1) is 0 Å². The van der Waals surface area contributed by atoms with Crippen LogP contribution >= 0.6 is 0 Å². The van der Waals surface area contributed by atoms with E-state index in [2.05, 4.69) is 43.2 Å². The van der Waals surface area contributed by atoms with E-state index in [1.54, 1.807) is 0 Å². The van der Waals surface area contributed by atoms with Crippen LogP contribution in [0.25, 0.3) is 0 Å². The van der Waals surface area contributed by atoms with Crippen molar-refractivity contribution in [3.63, 3.8) is 0 Å². The zero-order valence-corrected chi connectivity index (χ0v) is 12.2. The van der Waals surface area contributed by atoms with Gasteiger partial charge in [0.15, 0.2) is 5.78 Å². The molecule has 1 aliphatic heterocycles. The first-order valence-electron chi connectivity index (χ1n) is 6.79. The van der Waals surface area contributed by atoms with Crippen LogP contribution in [0.15, 0.2) is 23.2 Å². The van der Waals surface area contributed by atoms with Crippen molar-refractivity contribution < 1.29 is 4.79 Å². The van der Waals surface area contributed by atoms with Gasteiger partial charge in [-0.1, -0.05) is 39.0 Å². The average molecular weight is 258 g/mol. The van der Waals surface area contributed by atoms with Crippen LogP contribution in [-0.4, -0.2) is 24.7 Å². The predicted molar refractivity (Wildman–Crippen MR) is 79.1 cm³/mol. The van der Waals surface area contributed by atoms with E-state index >= 15 is 0 Å². The normalized spacial score (nSPS) is 15.1. The van der Waals surface area contributed by atoms with E-state index in [1.165, 1.54) is 5.56 Å². The van der Waals surface area contributed by atoms with E-state index in [0.29, 0.717) is 6.42 Å². The van der Waals surface area contributed by atoms with Crippen LogP contribution in [0.3, 0.4) is 0 Å². The van der Waals surface area contributed by atoms with Crippen LogP contribution in [0, 0.1) is 6.92 Å². The first-order chi connectivity index (χ1) is 8.88. The topological polar surface area (TPSA) is 41.5 Å². The van der Waals surface area contributed by atoms with Crippen molar-refractivity contribution in [2.75, 3.05) is 13.1 Å². The van der Waals surface area contributed by atoms with Crippen molar-refractivity contribution in [2.45, 2.75) is 39.5 Å². The molecule has 0 spiro atoms. The Morgan fingerprint density at radius 2 is 2.11 bits per heavy atom. The summed E-state index contributed by atoms with van der Waals surface area (Å²) in [5, 5.41) is 3.14. The van der Waals surface area contributed by atoms with Crippen LogP contribution < -0.4 is 5.32 Å². The molecule has 0 aromatic heterocycles. The molecule has 1 aromatic carbocycles. The van der Waals surface area contributed by atoms with Gasteiger partial charge >= 0.3 is 0 Å². The Morgan fingerprint density at radius 1 is 1.37 bits per heavy atom. The lowest BCUT2D eigenvalue weighted by Gasteiger charge is -2.20. The third-order valence-electron chi connectivity index (χ3n) is 3.46. The number of rotatable bonds is 3. The molecule has 0 saturated carbocycles. The number of carbonyl (C=O) groups is 1. The number of aliphatic imine (C=N–C) groups is 1. The molecule has 0 saturated heterocycles. The average Bonchev–Trinajstić information content (AvgIpc) is 2.80. The van der Waals surface area contributed by atoms with E-state index in [0.717, 1.165) is 30.1 Å². The van der Waals surface area contributed by atoms with Gasteiger partial charge in [0.25, 0.3) is 0 Å². The summed E-state index contributed by atoms with van der Waals surface area (Å²) in [6, 6.07) is 6.13. The van der Waals surface area contributed by atoms with Crippen LogP contribution in [-0.2, 0) is 5.41 Å². The van der Waals surface area contributed by atoms with Crippen LogP contribution in [0.1, 0.15) is 48.7 Å². The molecule has 1 N–H and O–H groups in total. The highest BCUT2D eigenvalue weighted by atomic mass is 16.1. The Morgan fingerprint density at radius 3 is 2.63 bits per heavy atom. The number of hydrogen-bond acceptors (Lipinski definition) is 3. The number of benzene rings is 1. The summed E-state index contributed by atoms with van der Waals surface area (Å²) in [7, 11) is 0. The van der Waals surface area contributed by atoms with Crippen LogP contribution in [0.5, 0.6) is 0 Å². The number of aryl methyl sites for hydroxylation is 1. The molecule has 0 amide bonds. The van der Waals surface area contributed by atoms with Crippen molar-refractivity contribution in [1.82, 2.24) is 5.32 Å². The van der Waals surface area contributed by atoms with E-state index in [-0.39, 0.29) is 11.2 Å². The number of carbonyl (C=O) groups excluding carboxylic acids is 1. The largest absolute Gasteiger partial charge is 0.372 e. The lowest BCUT2D eigenvalue weighted by Crippen LogP contribution is -2.22. The van der Waals surface area contributed by atoms with E-state index in [4.69, 9.17) is 0 Å². The van der Waals surface area contributed by atoms with Crippen molar-refractivity contribution >= 4 is 11.6 Å². The van der Waals surface area contributed by atoms with Gasteiger partial charge in [-0.2, -0.15) is 0 Å². The maximum atomic E-state index is 12.3. The Hall–Kier alpha value is -1.64. The first kappa shape index (κ1) is 13.8. The summed E-state index contributed by atoms with van der Waals surface area (Å²) in [6.45, 7) is 10.2. The standard InChI is InChI=1S/C16H22N2O/c1-11-9-12(16(2,3)4)5-6-13(11)14(19)10-15-17-7-8-18-15/h5-6,9H,7-8,10H2,1-4H3,(H,17,18). The van der Waals surface area contributed by atoms with Gasteiger partial charge in [0.2, 0.25) is 0 Å². The summed E-state index contributed by atoms with van der Waals surface area (Å²) >= 11 is 0. The summed E-state index contributed by atoms with van der Waals surface area (Å²) in [5.74, 6) is 0.968. The predicted octanol–water partition coefficient (Wildman–Crippen LogP) is 2.87. The Labute approximate surface area is 115 Å². The molecule has 0 unspecified atom stereocenters. The van der Waals surface area contributed by atoms with Crippen LogP contribution in [0.4, 0.5) is 0 Å². The number of ketones is 1. The SMILES string of the molecule is Cc1cc(C(C)(C)C)ccc1C(=O)CC1=NCCN1. The monoisotopic (exact) mass is 258 g/mol. The van der Waals surface area contributed by atoms with Gasteiger partial charge in [0, 0.05) is 12.1 Å². The minimum atomic E-state index is 0.115. The maximum absolute atomic E-state index is 12.3. The highest BCUT2D eigenvalue weighted by Gasteiger charge is 2.18. The van der Waals surface area contributed by atoms with Crippen molar-refractivity contribution in [2.24, 2.45) is 4.99 Å². The summed E-state index contributed by atoms with van der Waals surface area (Å²) in [6.07, 6.45) is 0.385. The molecule has 3 nitrogen and oxygen atoms in total. The highest BCUT2D eigenvalue weighted by Crippen LogP contribution is 2.24. The smallest absolute Gasteiger partial charge is 0.170 e. The minimum Gasteiger partial charge on any atom is -0.372 e. The quantitative estimate of drug-likeness (QED) is 0.847. The highest BCUT2D eigenvalue weighted by molar-refractivity contribution is 6.10. The Bertz CT molecular complexity index is 524. The summed E-state index contributed by atoms with van der Waals surface area (Å²) in [4.78, 5) is 16.5. The van der Waals surface area contributed by atoms with Crippen molar-refractivity contribution in [3.8, 4) is 0 Å². The van der Waals surface area contributed by atoms with Crippen molar-refractivity contribution in [1.29, 1.82) is 0 Å². The lowest BCUT2D eigenvalue weighted by molar-refractivity contribution is 0.0999. The molecule has 0 radical (unpaired) electrons. The minimum absolute atomic E-state index is 0.115. The zero-order chi connectivity index (χ0) is 14.0. The van der Waals surface area contributed by atoms with Gasteiger partial charge in [0.1, 0.15) is 5.84 Å². The summed E-state index contributed by atoms with van der Waals surface area (Å²) < 4.78 is 0. The van der Waals surface area contributed by atoms with Gasteiger partial charge in [-0.3, -0.25) is 9.79 Å². The number of amidine groups is 1. The fourth-order valence-corrected chi connectivity index (χ4v) is 2.26. The van der Waals surface area contributed by atoms with Gasteiger partial charge in [0.05, 0.1) is 13.0 Å². The lowest BCUT2D eigenvalue weighted by atomic mass is 9.85. The Balaban J connectivity index is 2.18. The van der Waals surface area contributed by atoms with Crippen LogP contribution in [0.2, 0.25) is 0 Å². The van der Waals surface area contributed by atoms with Gasteiger partial charge in [-0.25, -0.2) is 0 Å². The van der Waals surface area contributed by atoms with Crippen molar-refractivity contribution in [3.05, 3.63) is 34.9 Å². The number of nitrogens with one attached hydrogen (secondary N) is 1. The fraction of sp³-hybridized carbons (Fsp3) is 0.500. The molecule has 1 aromatic rings. The van der Waals surface area contributed by atoms with E-state index in [9.17, 15) is 4.79 Å². The molecule has 19 heavy (non-hydrogen) atoms. The molecule has 1 heterocycles. The second kappa shape index (κ2) is 5.16. The second-order valence-corrected chi connectivity index (χ2v) is 6.13. The summed E-state index contributed by atoms with van der Waals surface area (Å²) in [5.41, 5.74) is 3.24. The van der Waals surface area contributed by atoms with E-state index in [1.807, 2.05) is 13.0 Å². The molecule has 2 rings (SSSR count). The molecule has 3 heteroatoms.